The molecule has 2 nitrogen and oxygen atoms in total. The number of rotatable bonds is 2. The summed E-state index contributed by atoms with van der Waals surface area (Å²) in [5.74, 6) is -0.700. The molecule has 0 bridgehead atoms. The van der Waals surface area contributed by atoms with Crippen LogP contribution in [0.1, 0.15) is 30.4 Å². The van der Waals surface area contributed by atoms with Gasteiger partial charge in [0.1, 0.15) is 4.75 Å². The Bertz CT molecular complexity index is 403. The van der Waals surface area contributed by atoms with E-state index in [9.17, 15) is 9.90 Å². The Labute approximate surface area is 100 Å². The van der Waals surface area contributed by atoms with Gasteiger partial charge in [-0.15, -0.1) is 11.8 Å². The summed E-state index contributed by atoms with van der Waals surface area (Å²) >= 11 is 1.46. The molecule has 0 amide bonds. The summed E-state index contributed by atoms with van der Waals surface area (Å²) in [6.45, 7) is 0. The van der Waals surface area contributed by atoms with Gasteiger partial charge in [0.25, 0.3) is 0 Å². The van der Waals surface area contributed by atoms with Crippen LogP contribution in [-0.2, 0) is 16.0 Å². The van der Waals surface area contributed by atoms with Crippen molar-refractivity contribution < 1.29 is 9.90 Å². The molecular weight excluding hydrogens is 220 g/mol. The maximum absolute atomic E-state index is 11.6. The Balaban J connectivity index is 2.58. The molecule has 0 fully saturated rings. The SMILES string of the molecule is CSC1(C(=O)O)CCCCc2ccccc21. The minimum Gasteiger partial charge on any atom is -0.480 e. The average molecular weight is 236 g/mol. The number of aliphatic carboxylic acids is 1. The number of thioether (sulfide) groups is 1. The van der Waals surface area contributed by atoms with Crippen LogP contribution in [0.4, 0.5) is 0 Å². The lowest BCUT2D eigenvalue weighted by Crippen LogP contribution is -2.32. The van der Waals surface area contributed by atoms with E-state index in [1.165, 1.54) is 17.3 Å². The van der Waals surface area contributed by atoms with Crippen LogP contribution in [0.25, 0.3) is 0 Å². The van der Waals surface area contributed by atoms with Crippen LogP contribution >= 0.6 is 11.8 Å². The monoisotopic (exact) mass is 236 g/mol. The summed E-state index contributed by atoms with van der Waals surface area (Å²) in [5.41, 5.74) is 2.21. The van der Waals surface area contributed by atoms with Gasteiger partial charge in [-0.1, -0.05) is 30.7 Å². The Morgan fingerprint density at radius 2 is 2.12 bits per heavy atom. The van der Waals surface area contributed by atoms with Gasteiger partial charge in [0, 0.05) is 0 Å². The fourth-order valence-corrected chi connectivity index (χ4v) is 3.42. The summed E-state index contributed by atoms with van der Waals surface area (Å²) in [5, 5.41) is 9.54. The molecule has 2 rings (SSSR count). The van der Waals surface area contributed by atoms with Gasteiger partial charge in [0.15, 0.2) is 0 Å². The van der Waals surface area contributed by atoms with Crippen molar-refractivity contribution in [1.82, 2.24) is 0 Å². The van der Waals surface area contributed by atoms with Crippen LogP contribution in [-0.4, -0.2) is 17.3 Å². The number of carboxylic acids is 1. The minimum atomic E-state index is -0.729. The Kier molecular flexibility index (Phi) is 3.24. The van der Waals surface area contributed by atoms with Crippen LogP contribution in [0.3, 0.4) is 0 Å². The molecule has 0 saturated carbocycles. The van der Waals surface area contributed by atoms with Crippen molar-refractivity contribution in [2.75, 3.05) is 6.26 Å². The van der Waals surface area contributed by atoms with Crippen molar-refractivity contribution in [3.05, 3.63) is 35.4 Å². The molecule has 16 heavy (non-hydrogen) atoms. The molecule has 1 unspecified atom stereocenters. The van der Waals surface area contributed by atoms with Crippen LogP contribution in [0.15, 0.2) is 24.3 Å². The van der Waals surface area contributed by atoms with E-state index < -0.39 is 10.7 Å². The maximum atomic E-state index is 11.6. The third-order valence-electron chi connectivity index (χ3n) is 3.37. The van der Waals surface area contributed by atoms with Crippen molar-refractivity contribution in [2.24, 2.45) is 0 Å². The van der Waals surface area contributed by atoms with E-state index in [4.69, 9.17) is 0 Å². The molecule has 1 aliphatic carbocycles. The molecule has 1 atom stereocenters. The molecule has 1 aromatic carbocycles. The van der Waals surface area contributed by atoms with Crippen molar-refractivity contribution in [2.45, 2.75) is 30.4 Å². The molecule has 0 spiro atoms. The van der Waals surface area contributed by atoms with E-state index in [0.29, 0.717) is 0 Å². The quantitative estimate of drug-likeness (QED) is 0.802. The first-order valence-corrected chi connectivity index (χ1v) is 6.80. The molecule has 0 aromatic heterocycles. The zero-order valence-electron chi connectivity index (χ0n) is 9.40. The zero-order chi connectivity index (χ0) is 11.6. The second kappa shape index (κ2) is 4.50. The number of carbonyl (C=O) groups is 1. The summed E-state index contributed by atoms with van der Waals surface area (Å²) in [6.07, 6.45) is 5.72. The van der Waals surface area contributed by atoms with Gasteiger partial charge >= 0.3 is 5.97 Å². The summed E-state index contributed by atoms with van der Waals surface area (Å²) in [4.78, 5) is 11.6. The van der Waals surface area contributed by atoms with Crippen molar-refractivity contribution in [3.8, 4) is 0 Å². The van der Waals surface area contributed by atoms with Crippen molar-refractivity contribution in [3.63, 3.8) is 0 Å². The van der Waals surface area contributed by atoms with Gasteiger partial charge in [0.2, 0.25) is 0 Å². The van der Waals surface area contributed by atoms with Gasteiger partial charge in [-0.3, -0.25) is 4.79 Å². The third kappa shape index (κ3) is 1.73. The maximum Gasteiger partial charge on any atom is 0.324 e. The van der Waals surface area contributed by atoms with Gasteiger partial charge in [-0.25, -0.2) is 0 Å². The van der Waals surface area contributed by atoms with E-state index >= 15 is 0 Å². The highest BCUT2D eigenvalue weighted by Gasteiger charge is 2.41. The van der Waals surface area contributed by atoms with Crippen LogP contribution in [0.5, 0.6) is 0 Å². The molecule has 3 heteroatoms. The molecule has 0 radical (unpaired) electrons. The third-order valence-corrected chi connectivity index (χ3v) is 4.67. The van der Waals surface area contributed by atoms with E-state index in [1.807, 2.05) is 24.5 Å². The fraction of sp³-hybridized carbons (Fsp3) is 0.462. The van der Waals surface area contributed by atoms with Gasteiger partial charge < -0.3 is 5.11 Å². The molecule has 0 heterocycles. The lowest BCUT2D eigenvalue weighted by Gasteiger charge is -2.28. The summed E-state index contributed by atoms with van der Waals surface area (Å²) in [6, 6.07) is 7.98. The van der Waals surface area contributed by atoms with Crippen molar-refractivity contribution in [1.29, 1.82) is 0 Å². The smallest absolute Gasteiger partial charge is 0.324 e. The molecule has 1 aromatic rings. The molecular formula is C13H16O2S. The fourth-order valence-electron chi connectivity index (χ4n) is 2.48. The first kappa shape index (κ1) is 11.5. The van der Waals surface area contributed by atoms with E-state index in [2.05, 4.69) is 6.07 Å². The first-order valence-electron chi connectivity index (χ1n) is 5.57. The highest BCUT2D eigenvalue weighted by Crippen LogP contribution is 2.43. The number of aryl methyl sites for hydroxylation is 1. The lowest BCUT2D eigenvalue weighted by molar-refractivity contribution is -0.140. The number of benzene rings is 1. The number of fused-ring (bicyclic) bond motifs is 1. The largest absolute Gasteiger partial charge is 0.480 e. The molecule has 86 valence electrons. The Morgan fingerprint density at radius 3 is 2.81 bits per heavy atom. The Hall–Kier alpha value is -0.960. The number of carboxylic acid groups (broad SMARTS) is 1. The second-order valence-corrected chi connectivity index (χ2v) is 5.31. The van der Waals surface area contributed by atoms with E-state index in [0.717, 1.165) is 31.2 Å². The molecule has 1 aliphatic rings. The van der Waals surface area contributed by atoms with E-state index in [1.54, 1.807) is 0 Å². The van der Waals surface area contributed by atoms with Crippen LogP contribution < -0.4 is 0 Å². The predicted molar refractivity (Wildman–Crippen MR) is 66.8 cm³/mol. The van der Waals surface area contributed by atoms with Gasteiger partial charge in [-0.2, -0.15) is 0 Å². The van der Waals surface area contributed by atoms with Crippen molar-refractivity contribution >= 4 is 17.7 Å². The minimum absolute atomic E-state index is 0.700. The highest BCUT2D eigenvalue weighted by atomic mass is 32.2. The van der Waals surface area contributed by atoms with Crippen LogP contribution in [0.2, 0.25) is 0 Å². The molecule has 0 saturated heterocycles. The average Bonchev–Trinajstić information content (AvgIpc) is 2.49. The zero-order valence-corrected chi connectivity index (χ0v) is 10.2. The second-order valence-electron chi connectivity index (χ2n) is 4.20. The van der Waals surface area contributed by atoms with Crippen LogP contribution in [0, 0.1) is 0 Å². The molecule has 0 aliphatic heterocycles. The highest BCUT2D eigenvalue weighted by molar-refractivity contribution is 8.00. The summed E-state index contributed by atoms with van der Waals surface area (Å²) < 4.78 is -0.729. The number of hydrogen-bond acceptors (Lipinski definition) is 2. The van der Waals surface area contributed by atoms with Gasteiger partial charge in [0.05, 0.1) is 0 Å². The predicted octanol–water partition coefficient (Wildman–Crippen LogP) is 3.06. The Morgan fingerprint density at radius 1 is 1.38 bits per heavy atom. The first-order chi connectivity index (χ1) is 7.70. The van der Waals surface area contributed by atoms with Gasteiger partial charge in [-0.05, 0) is 36.6 Å². The van der Waals surface area contributed by atoms with E-state index in [-0.39, 0.29) is 0 Å². The normalized spacial score (nSPS) is 24.6. The number of hydrogen-bond donors (Lipinski definition) is 1. The topological polar surface area (TPSA) is 37.3 Å². The standard InChI is InChI=1S/C13H16O2S/c1-16-13(12(14)15)9-5-4-7-10-6-2-3-8-11(10)13/h2-3,6,8H,4-5,7,9H2,1H3,(H,14,15). The lowest BCUT2D eigenvalue weighted by atomic mass is 9.92. The molecule has 1 N–H and O–H groups in total. The summed E-state index contributed by atoms with van der Waals surface area (Å²) in [7, 11) is 0.